The lowest BCUT2D eigenvalue weighted by atomic mass is 10.1. The molecule has 2 N–H and O–H groups in total. The van der Waals surface area contributed by atoms with E-state index in [1.807, 2.05) is 50.3 Å². The largest absolute Gasteiger partial charge is 0.478 e. The van der Waals surface area contributed by atoms with Crippen LogP contribution in [0.15, 0.2) is 72.4 Å². The molecule has 0 unspecified atom stereocenters. The zero-order chi connectivity index (χ0) is 22.1. The highest BCUT2D eigenvalue weighted by Gasteiger charge is 2.04. The van der Waals surface area contributed by atoms with Crippen LogP contribution >= 0.6 is 0 Å². The highest BCUT2D eigenvalue weighted by molar-refractivity contribution is 5.93. The second-order valence-electron chi connectivity index (χ2n) is 5.81. The average Bonchev–Trinajstić information content (AvgIpc) is 2.70. The van der Waals surface area contributed by atoms with Gasteiger partial charge in [-0.2, -0.15) is 0 Å². The smallest absolute Gasteiger partial charge is 0.337 e. The third-order valence-corrected chi connectivity index (χ3v) is 3.46. The minimum atomic E-state index is -1.12. The summed E-state index contributed by atoms with van der Waals surface area (Å²) in [5.74, 6) is -2.54. The van der Waals surface area contributed by atoms with Crippen LogP contribution in [0.5, 0.6) is 0 Å². The van der Waals surface area contributed by atoms with Gasteiger partial charge in [0.05, 0.1) is 12.2 Å². The number of esters is 1. The lowest BCUT2D eigenvalue weighted by Crippen LogP contribution is -2.07. The number of rotatable bonds is 10. The van der Waals surface area contributed by atoms with Crippen molar-refractivity contribution >= 4 is 24.0 Å². The van der Waals surface area contributed by atoms with E-state index in [2.05, 4.69) is 6.58 Å². The summed E-state index contributed by atoms with van der Waals surface area (Å²) in [6.07, 6.45) is 9.52. The molecule has 6 heteroatoms. The normalized spacial score (nSPS) is 11.0. The quantitative estimate of drug-likeness (QED) is 0.257. The molecule has 0 bridgehead atoms. The number of carbonyl (C=O) groups is 3. The Morgan fingerprint density at radius 2 is 1.72 bits per heavy atom. The molecule has 29 heavy (non-hydrogen) atoms. The second kappa shape index (κ2) is 15.6. The van der Waals surface area contributed by atoms with Crippen LogP contribution in [0, 0.1) is 0 Å². The molecular formula is C23H28O6. The van der Waals surface area contributed by atoms with Gasteiger partial charge >= 0.3 is 17.9 Å². The number of ether oxygens (including phenoxy) is 1. The Hall–Kier alpha value is -3.41. The first-order chi connectivity index (χ1) is 13.8. The van der Waals surface area contributed by atoms with Crippen molar-refractivity contribution in [3.8, 4) is 0 Å². The summed E-state index contributed by atoms with van der Waals surface area (Å²) in [4.78, 5) is 31.8. The van der Waals surface area contributed by atoms with Crippen LogP contribution in [0.25, 0.3) is 6.08 Å². The van der Waals surface area contributed by atoms with E-state index in [0.29, 0.717) is 18.6 Å². The van der Waals surface area contributed by atoms with E-state index >= 15 is 0 Å². The summed E-state index contributed by atoms with van der Waals surface area (Å²) in [6, 6.07) is 9.78. The van der Waals surface area contributed by atoms with Gasteiger partial charge in [0.25, 0.3) is 0 Å². The summed E-state index contributed by atoms with van der Waals surface area (Å²) < 4.78 is 4.79. The Morgan fingerprint density at radius 3 is 2.24 bits per heavy atom. The van der Waals surface area contributed by atoms with Crippen molar-refractivity contribution in [2.24, 2.45) is 0 Å². The molecule has 0 radical (unpaired) electrons. The number of carboxylic acids is 2. The molecule has 0 aromatic heterocycles. The Kier molecular flexibility index (Phi) is 13.8. The number of aliphatic carboxylic acids is 2. The van der Waals surface area contributed by atoms with Crippen molar-refractivity contribution in [3.63, 3.8) is 0 Å². The molecule has 0 fully saturated rings. The van der Waals surface area contributed by atoms with Crippen molar-refractivity contribution in [2.75, 3.05) is 6.61 Å². The maximum absolute atomic E-state index is 11.1. The van der Waals surface area contributed by atoms with Gasteiger partial charge in [-0.15, -0.1) is 0 Å². The fourth-order valence-electron chi connectivity index (χ4n) is 1.82. The van der Waals surface area contributed by atoms with Gasteiger partial charge in [0, 0.05) is 11.6 Å². The molecule has 1 aromatic carbocycles. The van der Waals surface area contributed by atoms with Gasteiger partial charge in [0.15, 0.2) is 0 Å². The number of carbonyl (C=O) groups excluding carboxylic acids is 1. The van der Waals surface area contributed by atoms with Gasteiger partial charge in [0.2, 0.25) is 0 Å². The summed E-state index contributed by atoms with van der Waals surface area (Å²) in [6.45, 7) is 7.53. The van der Waals surface area contributed by atoms with Crippen LogP contribution in [0.2, 0.25) is 0 Å². The van der Waals surface area contributed by atoms with E-state index in [0.717, 1.165) is 30.6 Å². The average molecular weight is 400 g/mol. The molecule has 6 nitrogen and oxygen atoms in total. The molecule has 0 aliphatic carbocycles. The standard InChI is InChI=1S/C13H14O2.C10H14O4/c1-2-12(13(14)15)10-6-9-11-7-4-3-5-8-11;1-3-4-7-14-10(13)8(2)5-6-9(11)12/h3-10H,2H2,1H3,(H,14,15);5-6H,2-4,7H2,1H3,(H,11,12). The van der Waals surface area contributed by atoms with Crippen molar-refractivity contribution in [1.29, 1.82) is 0 Å². The lowest BCUT2D eigenvalue weighted by molar-refractivity contribution is -0.138. The van der Waals surface area contributed by atoms with E-state index < -0.39 is 17.9 Å². The van der Waals surface area contributed by atoms with Crippen molar-refractivity contribution in [3.05, 3.63) is 77.9 Å². The lowest BCUT2D eigenvalue weighted by Gasteiger charge is -2.02. The molecule has 0 saturated carbocycles. The fraction of sp³-hybridized carbons (Fsp3) is 0.261. The molecule has 0 heterocycles. The van der Waals surface area contributed by atoms with Crippen LogP contribution < -0.4 is 0 Å². The first-order valence-electron chi connectivity index (χ1n) is 9.24. The number of hydrogen-bond acceptors (Lipinski definition) is 4. The topological polar surface area (TPSA) is 101 Å². The molecule has 0 atom stereocenters. The maximum Gasteiger partial charge on any atom is 0.337 e. The molecule has 0 aliphatic heterocycles. The first kappa shape index (κ1) is 25.6. The fourth-order valence-corrected chi connectivity index (χ4v) is 1.82. The Morgan fingerprint density at radius 1 is 1.07 bits per heavy atom. The molecule has 0 spiro atoms. The van der Waals surface area contributed by atoms with E-state index in [-0.39, 0.29) is 5.57 Å². The van der Waals surface area contributed by atoms with Crippen LogP contribution in [0.1, 0.15) is 38.7 Å². The monoisotopic (exact) mass is 400 g/mol. The zero-order valence-electron chi connectivity index (χ0n) is 16.8. The van der Waals surface area contributed by atoms with Gasteiger partial charge in [-0.3, -0.25) is 0 Å². The highest BCUT2D eigenvalue weighted by atomic mass is 16.5. The van der Waals surface area contributed by atoms with Gasteiger partial charge in [-0.25, -0.2) is 14.4 Å². The number of benzene rings is 1. The SMILES string of the molecule is C=C(C=CC(=O)O)C(=O)OCCCC.CCC(=CC=Cc1ccccc1)C(=O)O. The number of carboxylic acid groups (broad SMARTS) is 2. The van der Waals surface area contributed by atoms with Crippen LogP contribution in [0.4, 0.5) is 0 Å². The van der Waals surface area contributed by atoms with Gasteiger partial charge in [0.1, 0.15) is 0 Å². The zero-order valence-corrected chi connectivity index (χ0v) is 16.8. The number of allylic oxidation sites excluding steroid dienone is 2. The predicted octanol–water partition coefficient (Wildman–Crippen LogP) is 4.65. The van der Waals surface area contributed by atoms with Crippen molar-refractivity contribution in [1.82, 2.24) is 0 Å². The minimum Gasteiger partial charge on any atom is -0.478 e. The van der Waals surface area contributed by atoms with Crippen molar-refractivity contribution < 1.29 is 29.3 Å². The molecule has 156 valence electrons. The number of unbranched alkanes of at least 4 members (excludes halogenated alkanes) is 1. The summed E-state index contributed by atoms with van der Waals surface area (Å²) in [5.41, 5.74) is 1.53. The molecule has 0 saturated heterocycles. The Labute approximate surface area is 171 Å². The Bertz CT molecular complexity index is 757. The summed E-state index contributed by atoms with van der Waals surface area (Å²) in [7, 11) is 0. The van der Waals surface area contributed by atoms with Crippen molar-refractivity contribution in [2.45, 2.75) is 33.1 Å². The van der Waals surface area contributed by atoms with E-state index in [1.54, 1.807) is 12.2 Å². The molecule has 0 amide bonds. The third-order valence-electron chi connectivity index (χ3n) is 3.46. The van der Waals surface area contributed by atoms with Gasteiger partial charge in [-0.1, -0.05) is 75.4 Å². The third kappa shape index (κ3) is 13.4. The molecule has 0 aliphatic rings. The summed E-state index contributed by atoms with van der Waals surface area (Å²) >= 11 is 0. The predicted molar refractivity (Wildman–Crippen MR) is 113 cm³/mol. The van der Waals surface area contributed by atoms with Crippen LogP contribution in [-0.2, 0) is 19.1 Å². The highest BCUT2D eigenvalue weighted by Crippen LogP contribution is 2.04. The maximum atomic E-state index is 11.1. The van der Waals surface area contributed by atoms with Gasteiger partial charge < -0.3 is 14.9 Å². The first-order valence-corrected chi connectivity index (χ1v) is 9.24. The van der Waals surface area contributed by atoms with Crippen LogP contribution in [0.3, 0.4) is 0 Å². The minimum absolute atomic E-state index is 0.0449. The second-order valence-corrected chi connectivity index (χ2v) is 5.81. The summed E-state index contributed by atoms with van der Waals surface area (Å²) in [5, 5.41) is 17.0. The van der Waals surface area contributed by atoms with E-state index in [4.69, 9.17) is 14.9 Å². The molecule has 1 aromatic rings. The van der Waals surface area contributed by atoms with Gasteiger partial charge in [-0.05, 0) is 24.5 Å². The molecular weight excluding hydrogens is 372 g/mol. The number of hydrogen-bond donors (Lipinski definition) is 2. The van der Waals surface area contributed by atoms with E-state index in [9.17, 15) is 14.4 Å². The molecule has 1 rings (SSSR count). The Balaban J connectivity index is 0.000000543. The van der Waals surface area contributed by atoms with Crippen LogP contribution in [-0.4, -0.2) is 34.7 Å². The van der Waals surface area contributed by atoms with E-state index in [1.165, 1.54) is 0 Å².